The van der Waals surface area contributed by atoms with Crippen LogP contribution in [0.25, 0.3) is 0 Å². The summed E-state index contributed by atoms with van der Waals surface area (Å²) in [5.41, 5.74) is 1.95. The molecular formula is C15H17ClN2O2S2. The normalized spacial score (nSPS) is 20.4. The minimum atomic E-state index is -1.29. The average Bonchev–Trinajstić information content (AvgIpc) is 2.97. The zero-order valence-corrected chi connectivity index (χ0v) is 14.5. The predicted octanol–water partition coefficient (Wildman–Crippen LogP) is 2.94. The second kappa shape index (κ2) is 6.68. The first-order valence-corrected chi connectivity index (χ1v) is 9.36. The van der Waals surface area contributed by atoms with Crippen LogP contribution in [0, 0.1) is 0 Å². The summed E-state index contributed by atoms with van der Waals surface area (Å²) in [5.74, 6) is 0. The number of hydrogen-bond acceptors (Lipinski definition) is 4. The molecule has 1 aromatic heterocycles. The highest BCUT2D eigenvalue weighted by Gasteiger charge is 2.31. The molecule has 2 heterocycles. The van der Waals surface area contributed by atoms with Crippen molar-refractivity contribution in [1.82, 2.24) is 5.32 Å². The molecule has 2 atom stereocenters. The van der Waals surface area contributed by atoms with E-state index in [9.17, 15) is 4.21 Å². The number of anilines is 1. The van der Waals surface area contributed by atoms with Gasteiger partial charge in [-0.1, -0.05) is 17.7 Å². The first-order valence-electron chi connectivity index (χ1n) is 7.00. The fraction of sp³-hybridized carbons (Fsp3) is 0.333. The van der Waals surface area contributed by atoms with Gasteiger partial charge in [0.15, 0.2) is 11.0 Å². The lowest BCUT2D eigenvalue weighted by atomic mass is 10.0. The number of thiophene rings is 1. The lowest BCUT2D eigenvalue weighted by Crippen LogP contribution is -2.24. The van der Waals surface area contributed by atoms with Crippen LogP contribution in [-0.4, -0.2) is 29.5 Å². The van der Waals surface area contributed by atoms with E-state index in [0.717, 1.165) is 21.0 Å². The number of fused-ring (bicyclic) bond motifs is 2. The minimum Gasteiger partial charge on any atom is -0.396 e. The highest BCUT2D eigenvalue weighted by Crippen LogP contribution is 2.42. The second-order valence-corrected chi connectivity index (χ2v) is 7.93. The van der Waals surface area contributed by atoms with Crippen LogP contribution >= 0.6 is 22.9 Å². The first-order chi connectivity index (χ1) is 10.6. The van der Waals surface area contributed by atoms with Crippen molar-refractivity contribution in [1.29, 1.82) is 0 Å². The lowest BCUT2D eigenvalue weighted by molar-refractivity contribution is 0.284. The molecule has 3 rings (SSSR count). The van der Waals surface area contributed by atoms with Gasteiger partial charge in [-0.25, -0.2) is 4.21 Å². The van der Waals surface area contributed by atoms with Crippen molar-refractivity contribution in [3.05, 3.63) is 45.1 Å². The number of aliphatic hydroxyl groups excluding tert-OH is 1. The monoisotopic (exact) mass is 356 g/mol. The van der Waals surface area contributed by atoms with Gasteiger partial charge in [0.2, 0.25) is 0 Å². The summed E-state index contributed by atoms with van der Waals surface area (Å²) in [7, 11) is 0.547. The van der Waals surface area contributed by atoms with Crippen LogP contribution in [-0.2, 0) is 11.0 Å². The quantitative estimate of drug-likeness (QED) is 0.828. The molecule has 118 valence electrons. The summed E-state index contributed by atoms with van der Waals surface area (Å²) in [6, 6.07) is 7.50. The van der Waals surface area contributed by atoms with Crippen molar-refractivity contribution in [3.8, 4) is 0 Å². The number of aliphatic hydroxyl groups is 1. The molecule has 0 bridgehead atoms. The van der Waals surface area contributed by atoms with Gasteiger partial charge in [0.05, 0.1) is 21.5 Å². The van der Waals surface area contributed by atoms with Gasteiger partial charge in [-0.15, -0.1) is 11.3 Å². The SMILES string of the molecule is CN1c2ccsc2C(NCCCO)c2ccc(Cl)cc2S1=O. The Hall–Kier alpha value is -0.920. The van der Waals surface area contributed by atoms with Crippen molar-refractivity contribution in [3.63, 3.8) is 0 Å². The number of halogens is 1. The van der Waals surface area contributed by atoms with E-state index in [0.29, 0.717) is 18.0 Å². The number of nitrogens with one attached hydrogen (secondary N) is 1. The van der Waals surface area contributed by atoms with Crippen molar-refractivity contribution < 1.29 is 9.32 Å². The van der Waals surface area contributed by atoms with E-state index in [4.69, 9.17) is 16.7 Å². The Labute approximate surface area is 141 Å². The van der Waals surface area contributed by atoms with Gasteiger partial charge in [-0.2, -0.15) is 0 Å². The van der Waals surface area contributed by atoms with Crippen LogP contribution in [0.2, 0.25) is 5.02 Å². The molecule has 4 nitrogen and oxygen atoms in total. The highest BCUT2D eigenvalue weighted by molar-refractivity contribution is 7.86. The Bertz CT molecular complexity index is 705. The van der Waals surface area contributed by atoms with E-state index < -0.39 is 11.0 Å². The van der Waals surface area contributed by atoms with E-state index in [2.05, 4.69) is 5.32 Å². The standard InChI is InChI=1S/C15H17ClN2O2S2/c1-18-12-5-8-21-15(12)14(17-6-2-7-19)11-4-3-10(16)9-13(11)22(18)20/h3-5,8-9,14,17,19H,2,6-7H2,1H3. The molecule has 2 aromatic rings. The number of hydrogen-bond donors (Lipinski definition) is 2. The zero-order valence-electron chi connectivity index (χ0n) is 12.1. The smallest absolute Gasteiger partial charge is 0.153 e. The number of benzene rings is 1. The maximum Gasteiger partial charge on any atom is 0.153 e. The molecule has 2 unspecified atom stereocenters. The fourth-order valence-electron chi connectivity index (χ4n) is 2.59. The highest BCUT2D eigenvalue weighted by atomic mass is 35.5. The molecule has 0 amide bonds. The molecular weight excluding hydrogens is 340 g/mol. The third-order valence-electron chi connectivity index (χ3n) is 3.68. The Morgan fingerprint density at radius 3 is 3.05 bits per heavy atom. The zero-order chi connectivity index (χ0) is 15.7. The van der Waals surface area contributed by atoms with Gasteiger partial charge in [0, 0.05) is 18.7 Å². The Kier molecular flexibility index (Phi) is 4.84. The van der Waals surface area contributed by atoms with Gasteiger partial charge >= 0.3 is 0 Å². The van der Waals surface area contributed by atoms with E-state index in [1.165, 1.54) is 0 Å². The van der Waals surface area contributed by atoms with Gasteiger partial charge < -0.3 is 10.4 Å². The van der Waals surface area contributed by atoms with Crippen LogP contribution in [0.1, 0.15) is 22.9 Å². The molecule has 0 radical (unpaired) electrons. The summed E-state index contributed by atoms with van der Waals surface area (Å²) in [6.07, 6.45) is 0.680. The van der Waals surface area contributed by atoms with Gasteiger partial charge in [-0.05, 0) is 42.1 Å². The average molecular weight is 357 g/mol. The lowest BCUT2D eigenvalue weighted by Gasteiger charge is -2.19. The summed E-state index contributed by atoms with van der Waals surface area (Å²) >= 11 is 7.74. The molecule has 0 spiro atoms. The molecule has 1 aromatic carbocycles. The minimum absolute atomic E-state index is 0.0392. The van der Waals surface area contributed by atoms with Crippen LogP contribution < -0.4 is 9.62 Å². The van der Waals surface area contributed by atoms with Crippen molar-refractivity contribution in [2.45, 2.75) is 17.4 Å². The first kappa shape index (κ1) is 16.0. The largest absolute Gasteiger partial charge is 0.396 e. The van der Waals surface area contributed by atoms with E-state index >= 15 is 0 Å². The van der Waals surface area contributed by atoms with Crippen LogP contribution in [0.15, 0.2) is 34.5 Å². The molecule has 7 heteroatoms. The maximum absolute atomic E-state index is 12.8. The van der Waals surface area contributed by atoms with E-state index in [1.807, 2.05) is 30.6 Å². The van der Waals surface area contributed by atoms with Gasteiger partial charge in [-0.3, -0.25) is 4.31 Å². The summed E-state index contributed by atoms with van der Waals surface area (Å²) in [6.45, 7) is 0.841. The van der Waals surface area contributed by atoms with Crippen molar-refractivity contribution >= 4 is 39.6 Å². The fourth-order valence-corrected chi connectivity index (χ4v) is 5.15. The molecule has 1 aliphatic rings. The van der Waals surface area contributed by atoms with E-state index in [1.54, 1.807) is 21.7 Å². The van der Waals surface area contributed by atoms with Crippen LogP contribution in [0.4, 0.5) is 5.69 Å². The van der Waals surface area contributed by atoms with Crippen LogP contribution in [0.5, 0.6) is 0 Å². The second-order valence-electron chi connectivity index (χ2n) is 5.06. The molecule has 0 aliphatic carbocycles. The summed E-state index contributed by atoms with van der Waals surface area (Å²) in [5, 5.41) is 15.1. The molecule has 0 saturated heterocycles. The Morgan fingerprint density at radius 1 is 1.45 bits per heavy atom. The van der Waals surface area contributed by atoms with E-state index in [-0.39, 0.29) is 12.6 Å². The topological polar surface area (TPSA) is 52.6 Å². The molecule has 0 saturated carbocycles. The molecule has 2 N–H and O–H groups in total. The number of rotatable bonds is 4. The third-order valence-corrected chi connectivity index (χ3v) is 6.31. The predicted molar refractivity (Wildman–Crippen MR) is 92.1 cm³/mol. The molecule has 0 fully saturated rings. The Morgan fingerprint density at radius 2 is 2.27 bits per heavy atom. The summed E-state index contributed by atoms with van der Waals surface area (Å²) < 4.78 is 14.6. The van der Waals surface area contributed by atoms with Crippen LogP contribution in [0.3, 0.4) is 0 Å². The number of nitrogens with zero attached hydrogens (tertiary/aromatic N) is 1. The summed E-state index contributed by atoms with van der Waals surface area (Å²) in [4.78, 5) is 1.87. The molecule has 1 aliphatic heterocycles. The molecule has 22 heavy (non-hydrogen) atoms. The van der Waals surface area contributed by atoms with Gasteiger partial charge in [0.1, 0.15) is 0 Å². The van der Waals surface area contributed by atoms with Crippen molar-refractivity contribution in [2.75, 3.05) is 24.5 Å². The maximum atomic E-state index is 12.8. The van der Waals surface area contributed by atoms with Gasteiger partial charge in [0.25, 0.3) is 0 Å². The third kappa shape index (κ3) is 2.81. The Balaban J connectivity index is 2.11. The van der Waals surface area contributed by atoms with Crippen molar-refractivity contribution in [2.24, 2.45) is 0 Å².